The maximum Gasteiger partial charge on any atom is 0.0481 e. The van der Waals surface area contributed by atoms with E-state index < -0.39 is 0 Å². The average Bonchev–Trinajstić information content (AvgIpc) is 3.22. The molecule has 0 spiro atoms. The smallest absolute Gasteiger partial charge is 0.0481 e. The molecule has 0 amide bonds. The molecule has 4 atom stereocenters. The van der Waals surface area contributed by atoms with Crippen molar-refractivity contribution in [1.29, 1.82) is 0 Å². The lowest BCUT2D eigenvalue weighted by Crippen LogP contribution is -2.37. The topological polar surface area (TPSA) is 24.1 Å². The molecule has 2 fully saturated rings. The lowest BCUT2D eigenvalue weighted by Gasteiger charge is -2.25. The van der Waals surface area contributed by atoms with Crippen LogP contribution in [0.2, 0.25) is 0 Å². The minimum Gasteiger partial charge on any atom is -0.308 e. The zero-order valence-electron chi connectivity index (χ0n) is 14.2. The quantitative estimate of drug-likeness (QED) is 0.791. The van der Waals surface area contributed by atoms with Crippen LogP contribution >= 0.6 is 11.8 Å². The first-order chi connectivity index (χ1) is 11.9. The minimum absolute atomic E-state index is 0.433. The van der Waals surface area contributed by atoms with Gasteiger partial charge in [0.15, 0.2) is 0 Å². The molecule has 2 N–H and O–H groups in total. The third-order valence-electron chi connectivity index (χ3n) is 5.66. The number of nitrogens with one attached hydrogen (secondary N) is 2. The molecule has 24 heavy (non-hydrogen) atoms. The molecule has 1 aliphatic heterocycles. The summed E-state index contributed by atoms with van der Waals surface area (Å²) >= 11 is 1.84. The van der Waals surface area contributed by atoms with Crippen LogP contribution in [-0.4, -0.2) is 18.3 Å². The summed E-state index contributed by atoms with van der Waals surface area (Å²) in [6, 6.07) is 21.4. The van der Waals surface area contributed by atoms with Crippen LogP contribution in [0.3, 0.4) is 0 Å². The van der Waals surface area contributed by atoms with Crippen molar-refractivity contribution < 1.29 is 0 Å². The summed E-state index contributed by atoms with van der Waals surface area (Å²) in [7, 11) is 0. The van der Waals surface area contributed by atoms with Crippen LogP contribution in [-0.2, 0) is 6.54 Å². The standard InChI is InChI=1S/C21H26N2S/c1-24-19-13-6-5-10-16(19)14-22-21-17-11-7-12-18(17)23-20(21)15-8-3-2-4-9-15/h2-6,8-10,13,17-18,20-23H,7,11-12,14H2,1H3. The fourth-order valence-corrected chi connectivity index (χ4v) is 5.13. The second-order valence-corrected chi connectivity index (χ2v) is 7.82. The molecule has 1 saturated heterocycles. The van der Waals surface area contributed by atoms with E-state index in [-0.39, 0.29) is 0 Å². The Hall–Kier alpha value is -1.29. The van der Waals surface area contributed by atoms with Gasteiger partial charge >= 0.3 is 0 Å². The van der Waals surface area contributed by atoms with E-state index >= 15 is 0 Å². The average molecular weight is 339 g/mol. The molecule has 1 aliphatic carbocycles. The first-order valence-electron chi connectivity index (χ1n) is 9.03. The zero-order chi connectivity index (χ0) is 16.4. The maximum absolute atomic E-state index is 3.92. The number of thioether (sulfide) groups is 1. The molecule has 3 heteroatoms. The second-order valence-electron chi connectivity index (χ2n) is 6.97. The van der Waals surface area contributed by atoms with Gasteiger partial charge in [0.25, 0.3) is 0 Å². The molecule has 0 bridgehead atoms. The molecule has 2 aromatic rings. The summed E-state index contributed by atoms with van der Waals surface area (Å²) in [6.45, 7) is 0.954. The Morgan fingerprint density at radius 2 is 1.83 bits per heavy atom. The number of hydrogen-bond acceptors (Lipinski definition) is 3. The van der Waals surface area contributed by atoms with Gasteiger partial charge in [0, 0.05) is 29.6 Å². The number of rotatable bonds is 5. The molecule has 0 aromatic heterocycles. The zero-order valence-corrected chi connectivity index (χ0v) is 15.1. The third-order valence-corrected chi connectivity index (χ3v) is 6.50. The predicted octanol–water partition coefficient (Wildman–Crippen LogP) is 4.38. The van der Waals surface area contributed by atoms with E-state index in [0.717, 1.165) is 12.5 Å². The molecule has 4 rings (SSSR count). The summed E-state index contributed by atoms with van der Waals surface area (Å²) < 4.78 is 0. The third kappa shape index (κ3) is 3.13. The van der Waals surface area contributed by atoms with Crippen LogP contribution in [0.4, 0.5) is 0 Å². The SMILES string of the molecule is CSc1ccccc1CNC1C(c2ccccc2)NC2CCCC21. The number of fused-ring (bicyclic) bond motifs is 1. The van der Waals surface area contributed by atoms with Gasteiger partial charge in [0.2, 0.25) is 0 Å². The minimum atomic E-state index is 0.433. The second kappa shape index (κ2) is 7.30. The Kier molecular flexibility index (Phi) is 4.93. The van der Waals surface area contributed by atoms with Crippen LogP contribution in [0, 0.1) is 5.92 Å². The highest BCUT2D eigenvalue weighted by Crippen LogP contribution is 2.41. The molecule has 1 saturated carbocycles. The highest BCUT2D eigenvalue weighted by molar-refractivity contribution is 7.98. The number of hydrogen-bond donors (Lipinski definition) is 2. The van der Waals surface area contributed by atoms with Gasteiger partial charge in [0.05, 0.1) is 0 Å². The van der Waals surface area contributed by atoms with Gasteiger partial charge in [-0.25, -0.2) is 0 Å². The van der Waals surface area contributed by atoms with Crippen LogP contribution < -0.4 is 10.6 Å². The Morgan fingerprint density at radius 1 is 1.04 bits per heavy atom. The Bertz CT molecular complexity index is 673. The van der Waals surface area contributed by atoms with E-state index in [1.807, 2.05) is 11.8 Å². The highest BCUT2D eigenvalue weighted by atomic mass is 32.2. The Morgan fingerprint density at radius 3 is 2.67 bits per heavy atom. The van der Waals surface area contributed by atoms with E-state index in [0.29, 0.717) is 18.1 Å². The molecular formula is C21H26N2S. The normalized spacial score (nSPS) is 28.9. The van der Waals surface area contributed by atoms with E-state index in [2.05, 4.69) is 71.5 Å². The van der Waals surface area contributed by atoms with Crippen LogP contribution in [0.5, 0.6) is 0 Å². The first kappa shape index (κ1) is 16.2. The van der Waals surface area contributed by atoms with Gasteiger partial charge in [-0.1, -0.05) is 55.0 Å². The van der Waals surface area contributed by atoms with E-state index in [1.165, 1.54) is 35.3 Å². The predicted molar refractivity (Wildman–Crippen MR) is 102 cm³/mol. The van der Waals surface area contributed by atoms with Crippen molar-refractivity contribution >= 4 is 11.8 Å². The maximum atomic E-state index is 3.92. The van der Waals surface area contributed by atoms with Gasteiger partial charge in [-0.05, 0) is 42.2 Å². The molecule has 4 unspecified atom stereocenters. The van der Waals surface area contributed by atoms with E-state index in [9.17, 15) is 0 Å². The molecule has 2 aliphatic rings. The van der Waals surface area contributed by atoms with Crippen LogP contribution in [0.1, 0.15) is 36.4 Å². The Labute approximate surface area is 149 Å². The molecule has 0 radical (unpaired) electrons. The molecule has 126 valence electrons. The van der Waals surface area contributed by atoms with Crippen molar-refractivity contribution in [2.45, 2.75) is 48.8 Å². The highest BCUT2D eigenvalue weighted by Gasteiger charge is 2.45. The summed E-state index contributed by atoms with van der Waals surface area (Å²) in [4.78, 5) is 1.38. The number of benzene rings is 2. The fraction of sp³-hybridized carbons (Fsp3) is 0.429. The summed E-state index contributed by atoms with van der Waals surface area (Å²) in [5, 5.41) is 7.83. The largest absolute Gasteiger partial charge is 0.308 e. The van der Waals surface area contributed by atoms with Gasteiger partial charge in [-0.3, -0.25) is 0 Å². The van der Waals surface area contributed by atoms with E-state index in [1.54, 1.807) is 0 Å². The van der Waals surface area contributed by atoms with Crippen LogP contribution in [0.15, 0.2) is 59.5 Å². The lowest BCUT2D eigenvalue weighted by atomic mass is 9.91. The van der Waals surface area contributed by atoms with Gasteiger partial charge < -0.3 is 10.6 Å². The van der Waals surface area contributed by atoms with Crippen molar-refractivity contribution in [2.75, 3.05) is 6.26 Å². The first-order valence-corrected chi connectivity index (χ1v) is 10.3. The summed E-state index contributed by atoms with van der Waals surface area (Å²) in [5.41, 5.74) is 2.83. The summed E-state index contributed by atoms with van der Waals surface area (Å²) in [6.07, 6.45) is 6.20. The van der Waals surface area contributed by atoms with Gasteiger partial charge in [0.1, 0.15) is 0 Å². The monoisotopic (exact) mass is 338 g/mol. The fourth-order valence-electron chi connectivity index (χ4n) is 4.52. The Balaban J connectivity index is 1.54. The van der Waals surface area contributed by atoms with Crippen molar-refractivity contribution in [3.63, 3.8) is 0 Å². The van der Waals surface area contributed by atoms with Crippen molar-refractivity contribution in [1.82, 2.24) is 10.6 Å². The van der Waals surface area contributed by atoms with Crippen molar-refractivity contribution in [3.05, 3.63) is 65.7 Å². The summed E-state index contributed by atoms with van der Waals surface area (Å²) in [5.74, 6) is 0.761. The molecule has 2 nitrogen and oxygen atoms in total. The molecular weight excluding hydrogens is 312 g/mol. The van der Waals surface area contributed by atoms with Crippen molar-refractivity contribution in [3.8, 4) is 0 Å². The lowest BCUT2D eigenvalue weighted by molar-refractivity contribution is 0.373. The van der Waals surface area contributed by atoms with Gasteiger partial charge in [-0.15, -0.1) is 11.8 Å². The van der Waals surface area contributed by atoms with Gasteiger partial charge in [-0.2, -0.15) is 0 Å². The molecule has 2 aromatic carbocycles. The van der Waals surface area contributed by atoms with E-state index in [4.69, 9.17) is 0 Å². The van der Waals surface area contributed by atoms with Crippen molar-refractivity contribution in [2.24, 2.45) is 5.92 Å². The molecule has 1 heterocycles. The van der Waals surface area contributed by atoms with Crippen LogP contribution in [0.25, 0.3) is 0 Å².